The number of para-hydroxylation sites is 1. The number of benzene rings is 3. The van der Waals surface area contributed by atoms with Gasteiger partial charge >= 0.3 is 6.03 Å². The number of nitrogens with zero attached hydrogens (tertiary/aromatic N) is 2. The average molecular weight is 697 g/mol. The summed E-state index contributed by atoms with van der Waals surface area (Å²) in [5.74, 6) is 0.171. The molecule has 49 heavy (non-hydrogen) atoms. The van der Waals surface area contributed by atoms with Gasteiger partial charge in [0.1, 0.15) is 11.5 Å². The van der Waals surface area contributed by atoms with Gasteiger partial charge in [-0.15, -0.1) is 0 Å². The largest absolute Gasteiger partial charge is 0.497 e. The molecule has 266 valence electrons. The normalized spacial score (nSPS) is 20.0. The Morgan fingerprint density at radius 3 is 2.41 bits per heavy atom. The molecule has 0 radical (unpaired) electrons. The molecule has 13 heteroatoms. The molecule has 0 spiro atoms. The van der Waals surface area contributed by atoms with E-state index >= 15 is 0 Å². The van der Waals surface area contributed by atoms with E-state index in [1.807, 2.05) is 32.0 Å². The predicted molar refractivity (Wildman–Crippen MR) is 189 cm³/mol. The number of aliphatic hydroxyl groups excluding tert-OH is 1. The first kappa shape index (κ1) is 37.6. The van der Waals surface area contributed by atoms with Crippen LogP contribution in [0, 0.1) is 5.92 Å². The summed E-state index contributed by atoms with van der Waals surface area (Å²) in [6.45, 7) is 5.87. The molecule has 0 saturated carbocycles. The van der Waals surface area contributed by atoms with Crippen LogP contribution in [0.4, 0.5) is 16.2 Å². The van der Waals surface area contributed by atoms with E-state index in [1.54, 1.807) is 54.3 Å². The lowest BCUT2D eigenvalue weighted by atomic mass is 10.0. The minimum Gasteiger partial charge on any atom is -0.497 e. The summed E-state index contributed by atoms with van der Waals surface area (Å²) in [6.07, 6.45) is 1.42. The number of ether oxygens (including phenoxy) is 3. The summed E-state index contributed by atoms with van der Waals surface area (Å²) >= 11 is 0. The number of carbonyl (C=O) groups excluding carboxylic acids is 2. The number of fused-ring (bicyclic) bond motifs is 1. The van der Waals surface area contributed by atoms with Gasteiger partial charge in [-0.1, -0.05) is 25.1 Å². The van der Waals surface area contributed by atoms with Crippen molar-refractivity contribution in [2.45, 2.75) is 63.2 Å². The highest BCUT2D eigenvalue weighted by atomic mass is 32.2. The van der Waals surface area contributed by atoms with Gasteiger partial charge in [-0.05, 0) is 87.7 Å². The van der Waals surface area contributed by atoms with E-state index in [1.165, 1.54) is 30.6 Å². The van der Waals surface area contributed by atoms with Crippen molar-refractivity contribution < 1.29 is 37.3 Å². The summed E-state index contributed by atoms with van der Waals surface area (Å²) in [5.41, 5.74) is 1.22. The Labute approximate surface area is 289 Å². The third-order valence-electron chi connectivity index (χ3n) is 8.55. The van der Waals surface area contributed by atoms with Crippen LogP contribution in [0.1, 0.15) is 50.4 Å². The second kappa shape index (κ2) is 17.5. The molecule has 0 fully saturated rings. The van der Waals surface area contributed by atoms with E-state index < -0.39 is 34.1 Å². The number of sulfonamides is 1. The van der Waals surface area contributed by atoms with E-state index in [-0.39, 0.29) is 42.2 Å². The number of anilines is 2. The van der Waals surface area contributed by atoms with Crippen LogP contribution >= 0.6 is 0 Å². The molecule has 4 atom stereocenters. The van der Waals surface area contributed by atoms with Crippen molar-refractivity contribution in [2.24, 2.45) is 5.92 Å². The van der Waals surface area contributed by atoms with Gasteiger partial charge in [0, 0.05) is 44.0 Å². The molecule has 1 aliphatic rings. The zero-order valence-corrected chi connectivity index (χ0v) is 29.6. The molecule has 3 aromatic carbocycles. The summed E-state index contributed by atoms with van der Waals surface area (Å²) in [7, 11) is -0.827. The first-order valence-corrected chi connectivity index (χ1v) is 17.9. The number of hydrogen-bond donors (Lipinski definition) is 3. The zero-order valence-electron chi connectivity index (χ0n) is 28.8. The van der Waals surface area contributed by atoms with E-state index in [2.05, 4.69) is 10.6 Å². The smallest absolute Gasteiger partial charge is 0.323 e. The Hall–Kier alpha value is -4.17. The van der Waals surface area contributed by atoms with Crippen molar-refractivity contribution >= 4 is 33.3 Å². The number of nitrogens with one attached hydrogen (secondary N) is 2. The predicted octanol–water partition coefficient (Wildman–Crippen LogP) is 5.46. The molecule has 12 nitrogen and oxygen atoms in total. The summed E-state index contributed by atoms with van der Waals surface area (Å²) in [5, 5.41) is 15.8. The number of amides is 3. The van der Waals surface area contributed by atoms with Gasteiger partial charge in [0.05, 0.1) is 42.4 Å². The minimum atomic E-state index is -3.85. The van der Waals surface area contributed by atoms with Crippen LogP contribution in [0.15, 0.2) is 77.7 Å². The lowest BCUT2D eigenvalue weighted by Crippen LogP contribution is -2.48. The second-order valence-electron chi connectivity index (χ2n) is 12.4. The fourth-order valence-electron chi connectivity index (χ4n) is 5.56. The Bertz CT molecular complexity index is 1640. The molecule has 3 amide bonds. The summed E-state index contributed by atoms with van der Waals surface area (Å²) < 4.78 is 46.1. The first-order chi connectivity index (χ1) is 23.4. The lowest BCUT2D eigenvalue weighted by molar-refractivity contribution is -0.00834. The minimum absolute atomic E-state index is 0.0474. The number of carbonyl (C=O) groups is 2. The Balaban J connectivity index is 1.62. The molecule has 0 aromatic heterocycles. The maximum atomic E-state index is 14.4. The van der Waals surface area contributed by atoms with Crippen molar-refractivity contribution in [1.82, 2.24) is 9.21 Å². The highest BCUT2D eigenvalue weighted by Crippen LogP contribution is 2.29. The van der Waals surface area contributed by atoms with Gasteiger partial charge in [0.25, 0.3) is 5.91 Å². The molecule has 0 unspecified atom stereocenters. The average Bonchev–Trinajstić information content (AvgIpc) is 3.09. The Morgan fingerprint density at radius 2 is 1.73 bits per heavy atom. The molecule has 4 rings (SSSR count). The van der Waals surface area contributed by atoms with Gasteiger partial charge in [-0.3, -0.25) is 4.79 Å². The van der Waals surface area contributed by atoms with Crippen molar-refractivity contribution in [1.29, 1.82) is 0 Å². The van der Waals surface area contributed by atoms with Gasteiger partial charge in [0.2, 0.25) is 10.0 Å². The van der Waals surface area contributed by atoms with E-state index in [9.17, 15) is 23.1 Å². The van der Waals surface area contributed by atoms with Crippen LogP contribution in [0.25, 0.3) is 0 Å². The van der Waals surface area contributed by atoms with Crippen molar-refractivity contribution in [3.05, 3.63) is 78.4 Å². The van der Waals surface area contributed by atoms with Gasteiger partial charge in [-0.2, -0.15) is 4.31 Å². The Kier molecular flexibility index (Phi) is 13.4. The molecule has 3 aromatic rings. The number of hydrogen-bond acceptors (Lipinski definition) is 8. The summed E-state index contributed by atoms with van der Waals surface area (Å²) in [6, 6.07) is 19.1. The molecule has 0 saturated heterocycles. The zero-order chi connectivity index (χ0) is 35.6. The second-order valence-corrected chi connectivity index (χ2v) is 14.5. The topological polar surface area (TPSA) is 147 Å². The quantitative estimate of drug-likeness (QED) is 0.268. The third kappa shape index (κ3) is 10.2. The number of methoxy groups -OCH3 is 1. The van der Waals surface area contributed by atoms with Crippen molar-refractivity contribution in [3.63, 3.8) is 0 Å². The van der Waals surface area contributed by atoms with Crippen molar-refractivity contribution in [2.75, 3.05) is 51.1 Å². The molecule has 3 N–H and O–H groups in total. The maximum absolute atomic E-state index is 14.4. The van der Waals surface area contributed by atoms with Crippen LogP contribution in [0.2, 0.25) is 0 Å². The van der Waals surface area contributed by atoms with Crippen LogP contribution in [-0.2, 0) is 14.8 Å². The number of rotatable bonds is 9. The van der Waals surface area contributed by atoms with E-state index in [0.717, 1.165) is 12.8 Å². The number of likely N-dealkylation sites (N-methyl/N-ethyl adjacent to an activating group) is 1. The fraction of sp³-hybridized carbons (Fsp3) is 0.444. The highest BCUT2D eigenvalue weighted by Gasteiger charge is 2.32. The van der Waals surface area contributed by atoms with Crippen LogP contribution < -0.4 is 20.1 Å². The molecular formula is C36H48N4O8S. The molecule has 1 heterocycles. The standard InChI is InChI=1S/C36H48N4O8S/c1-25-22-40(26(2)24-41)35(42)32-21-29(38-36(43)37-28-12-7-6-8-13-28)14-19-33(32)48-27(3)11-9-10-20-47-34(25)23-39(4)49(44,45)31-17-15-30(46-5)16-18-31/h6-8,12-19,21,25-27,34,41H,9-11,20,22-24H2,1-5H3,(H2,37,38,43)/t25-,26+,27+,34-/m0/s1. The lowest BCUT2D eigenvalue weighted by Gasteiger charge is -2.35. The summed E-state index contributed by atoms with van der Waals surface area (Å²) in [4.78, 5) is 28.8. The highest BCUT2D eigenvalue weighted by molar-refractivity contribution is 7.89. The molecule has 0 aliphatic carbocycles. The Morgan fingerprint density at radius 1 is 1.04 bits per heavy atom. The van der Waals surface area contributed by atoms with Gasteiger partial charge in [0.15, 0.2) is 0 Å². The SMILES string of the molecule is COc1ccc(S(=O)(=O)N(C)C[C@@H]2OCCCC[C@@H](C)Oc3ccc(NC(=O)Nc4ccccc4)cc3C(=O)N([C@H](C)CO)C[C@@H]2C)cc1. The monoisotopic (exact) mass is 696 g/mol. The van der Waals surface area contributed by atoms with Crippen LogP contribution in [0.3, 0.4) is 0 Å². The fourth-order valence-corrected chi connectivity index (χ4v) is 6.74. The van der Waals surface area contributed by atoms with Crippen molar-refractivity contribution in [3.8, 4) is 11.5 Å². The molecule has 1 aliphatic heterocycles. The maximum Gasteiger partial charge on any atom is 0.323 e. The van der Waals surface area contributed by atoms with E-state index in [4.69, 9.17) is 14.2 Å². The molecular weight excluding hydrogens is 648 g/mol. The molecule has 0 bridgehead atoms. The van der Waals surface area contributed by atoms with Gasteiger partial charge < -0.3 is 34.9 Å². The van der Waals surface area contributed by atoms with Crippen LogP contribution in [0.5, 0.6) is 11.5 Å². The van der Waals surface area contributed by atoms with Crippen LogP contribution in [-0.4, -0.2) is 93.4 Å². The van der Waals surface area contributed by atoms with E-state index in [0.29, 0.717) is 35.9 Å². The third-order valence-corrected chi connectivity index (χ3v) is 10.4. The number of urea groups is 1. The first-order valence-electron chi connectivity index (χ1n) is 16.5. The van der Waals surface area contributed by atoms with Gasteiger partial charge in [-0.25, -0.2) is 13.2 Å². The number of aliphatic hydroxyl groups is 1.